The van der Waals surface area contributed by atoms with Crippen LogP contribution in [-0.4, -0.2) is 5.97 Å². The second-order valence-corrected chi connectivity index (χ2v) is 14.6. The van der Waals surface area contributed by atoms with Gasteiger partial charge in [0.25, 0.3) is 0 Å². The largest absolute Gasteiger partial charge is 0.427 e. The third-order valence-electron chi connectivity index (χ3n) is 7.79. The zero-order valence-corrected chi connectivity index (χ0v) is 30.1. The lowest BCUT2D eigenvalue weighted by Gasteiger charge is -2.26. The lowest BCUT2D eigenvalue weighted by molar-refractivity contribution is -0.134. The van der Waals surface area contributed by atoms with Gasteiger partial charge in [-0.2, -0.15) is 0 Å². The van der Waals surface area contributed by atoms with E-state index < -0.39 is 0 Å². The number of para-hydroxylation sites is 1. The number of hydrogen-bond donors (Lipinski definition) is 0. The average Bonchev–Trinajstić information content (AvgIpc) is 2.93. The van der Waals surface area contributed by atoms with Gasteiger partial charge < -0.3 is 4.74 Å². The Hall–Kier alpha value is -2.52. The summed E-state index contributed by atoms with van der Waals surface area (Å²) in [6, 6.07) is 19.0. The molecule has 0 aliphatic heterocycles. The van der Waals surface area contributed by atoms with E-state index in [0.29, 0.717) is 47.7 Å². The minimum absolute atomic E-state index is 0.163. The second kappa shape index (κ2) is 17.1. The Labute approximate surface area is 268 Å². The molecular weight excluding hydrogens is 545 g/mol. The first kappa shape index (κ1) is 36.7. The number of rotatable bonds is 11. The highest BCUT2D eigenvalue weighted by atomic mass is 32.2. The molecule has 0 unspecified atom stereocenters. The molecule has 0 spiro atoms. The maximum atomic E-state index is 11.0. The molecule has 3 heteroatoms. The molecule has 0 fully saturated rings. The normalized spacial score (nSPS) is 11.6. The molecule has 0 N–H and O–H groups in total. The van der Waals surface area contributed by atoms with Gasteiger partial charge in [-0.1, -0.05) is 144 Å². The van der Waals surface area contributed by atoms with Crippen LogP contribution in [0.5, 0.6) is 5.75 Å². The Kier molecular flexibility index (Phi) is 14.6. The number of carbonyl (C=O) groups is 1. The van der Waals surface area contributed by atoms with Gasteiger partial charge in [-0.3, -0.25) is 4.79 Å². The van der Waals surface area contributed by atoms with Gasteiger partial charge in [-0.05, 0) is 87.4 Å². The molecule has 2 nitrogen and oxygen atoms in total. The van der Waals surface area contributed by atoms with Crippen LogP contribution in [0.3, 0.4) is 0 Å². The van der Waals surface area contributed by atoms with Gasteiger partial charge in [0.15, 0.2) is 0 Å². The summed E-state index contributed by atoms with van der Waals surface area (Å²) in [5.74, 6) is 3.61. The Morgan fingerprint density at radius 2 is 0.930 bits per heavy atom. The molecule has 0 radical (unpaired) electrons. The molecule has 0 saturated heterocycles. The van der Waals surface area contributed by atoms with Crippen molar-refractivity contribution in [2.75, 3.05) is 0 Å². The predicted octanol–water partition coefficient (Wildman–Crippen LogP) is 13.0. The standard InChI is InChI=1S/C30H46S.C10H12O2/c1-17(2)23-13-25(19(5)6)29(26(14-23)20(7)8)31-30-27(21(9)10)15-24(18(3)4)16-28(30)22(11)12;1-2-6-10(11)12-9-7-4-3-5-8-9/h13-22H,1-12H3;3-5,7-8H,2,6H2,1H3. The third kappa shape index (κ3) is 10.6. The molecule has 236 valence electrons. The van der Waals surface area contributed by atoms with E-state index in [1.807, 2.05) is 36.9 Å². The van der Waals surface area contributed by atoms with Crippen molar-refractivity contribution in [2.45, 2.75) is 148 Å². The van der Waals surface area contributed by atoms with Crippen LogP contribution in [0.4, 0.5) is 0 Å². The van der Waals surface area contributed by atoms with E-state index in [-0.39, 0.29) is 5.97 Å². The van der Waals surface area contributed by atoms with Gasteiger partial charge >= 0.3 is 5.97 Å². The number of carbonyl (C=O) groups excluding carboxylic acids is 1. The monoisotopic (exact) mass is 602 g/mol. The minimum Gasteiger partial charge on any atom is -0.427 e. The van der Waals surface area contributed by atoms with Crippen molar-refractivity contribution >= 4 is 17.7 Å². The smallest absolute Gasteiger partial charge is 0.311 e. The average molecular weight is 603 g/mol. The molecule has 3 aromatic rings. The van der Waals surface area contributed by atoms with E-state index in [1.54, 1.807) is 12.1 Å². The summed E-state index contributed by atoms with van der Waals surface area (Å²) in [6.07, 6.45) is 1.31. The molecule has 0 heterocycles. The highest BCUT2D eigenvalue weighted by Crippen LogP contribution is 2.46. The number of benzene rings is 3. The van der Waals surface area contributed by atoms with Crippen molar-refractivity contribution in [3.63, 3.8) is 0 Å². The Morgan fingerprint density at radius 1 is 0.581 bits per heavy atom. The van der Waals surface area contributed by atoms with Crippen LogP contribution >= 0.6 is 11.8 Å². The van der Waals surface area contributed by atoms with Gasteiger partial charge in [0.2, 0.25) is 0 Å². The lowest BCUT2D eigenvalue weighted by Crippen LogP contribution is -2.06. The van der Waals surface area contributed by atoms with Crippen LogP contribution in [0.25, 0.3) is 0 Å². The van der Waals surface area contributed by atoms with E-state index in [1.165, 1.54) is 43.2 Å². The summed E-state index contributed by atoms with van der Waals surface area (Å²) in [4.78, 5) is 14.0. The molecule has 3 aromatic carbocycles. The van der Waals surface area contributed by atoms with Crippen molar-refractivity contribution in [3.05, 3.63) is 88.0 Å². The molecule has 3 rings (SSSR count). The summed E-state index contributed by atoms with van der Waals surface area (Å²) in [7, 11) is 0. The van der Waals surface area contributed by atoms with E-state index in [0.717, 1.165) is 6.42 Å². The molecule has 0 aliphatic rings. The Bertz CT molecular complexity index is 1170. The van der Waals surface area contributed by atoms with Crippen molar-refractivity contribution in [1.29, 1.82) is 0 Å². The molecule has 0 bridgehead atoms. The maximum Gasteiger partial charge on any atom is 0.311 e. The van der Waals surface area contributed by atoms with Crippen molar-refractivity contribution in [3.8, 4) is 5.75 Å². The fourth-order valence-corrected chi connectivity index (χ4v) is 6.85. The van der Waals surface area contributed by atoms with E-state index in [4.69, 9.17) is 4.74 Å². The lowest BCUT2D eigenvalue weighted by atomic mass is 9.89. The van der Waals surface area contributed by atoms with Crippen LogP contribution in [0, 0.1) is 0 Å². The number of ether oxygens (including phenoxy) is 1. The highest BCUT2D eigenvalue weighted by Gasteiger charge is 2.23. The van der Waals surface area contributed by atoms with Crippen LogP contribution < -0.4 is 4.74 Å². The van der Waals surface area contributed by atoms with Crippen molar-refractivity contribution < 1.29 is 9.53 Å². The molecular formula is C40H58O2S. The zero-order valence-electron chi connectivity index (χ0n) is 29.3. The summed E-state index contributed by atoms with van der Waals surface area (Å²) in [5, 5.41) is 0. The van der Waals surface area contributed by atoms with E-state index in [2.05, 4.69) is 107 Å². The number of hydrogen-bond acceptors (Lipinski definition) is 3. The molecule has 0 saturated carbocycles. The highest BCUT2D eigenvalue weighted by molar-refractivity contribution is 7.99. The summed E-state index contributed by atoms with van der Waals surface area (Å²) in [5.41, 5.74) is 8.99. The summed E-state index contributed by atoms with van der Waals surface area (Å²) >= 11 is 2.05. The van der Waals surface area contributed by atoms with Crippen molar-refractivity contribution in [2.24, 2.45) is 0 Å². The molecule has 43 heavy (non-hydrogen) atoms. The number of esters is 1. The van der Waals surface area contributed by atoms with Gasteiger partial charge in [0.1, 0.15) is 5.75 Å². The van der Waals surface area contributed by atoms with Crippen LogP contribution in [0.1, 0.15) is 172 Å². The first-order valence-corrected chi connectivity index (χ1v) is 17.3. The molecule has 0 aliphatic carbocycles. The fraction of sp³-hybridized carbons (Fsp3) is 0.525. The van der Waals surface area contributed by atoms with Crippen LogP contribution in [0.2, 0.25) is 0 Å². The second-order valence-electron chi connectivity index (χ2n) is 13.6. The van der Waals surface area contributed by atoms with Crippen LogP contribution in [-0.2, 0) is 4.79 Å². The third-order valence-corrected chi connectivity index (χ3v) is 9.14. The molecule has 0 atom stereocenters. The molecule has 0 aromatic heterocycles. The maximum absolute atomic E-state index is 11.0. The topological polar surface area (TPSA) is 26.3 Å². The Balaban J connectivity index is 0.000000448. The predicted molar refractivity (Wildman–Crippen MR) is 189 cm³/mol. The van der Waals surface area contributed by atoms with Crippen molar-refractivity contribution in [1.82, 2.24) is 0 Å². The minimum atomic E-state index is -0.163. The van der Waals surface area contributed by atoms with Gasteiger partial charge in [0, 0.05) is 16.2 Å². The zero-order chi connectivity index (χ0) is 32.4. The van der Waals surface area contributed by atoms with Gasteiger partial charge in [0.05, 0.1) is 0 Å². The van der Waals surface area contributed by atoms with E-state index >= 15 is 0 Å². The summed E-state index contributed by atoms with van der Waals surface area (Å²) < 4.78 is 5.02. The van der Waals surface area contributed by atoms with Gasteiger partial charge in [-0.15, -0.1) is 0 Å². The molecule has 0 amide bonds. The van der Waals surface area contributed by atoms with Gasteiger partial charge in [-0.25, -0.2) is 0 Å². The first-order chi connectivity index (χ1) is 20.2. The SMILES string of the molecule is CC(C)c1cc(C(C)C)c(Sc2c(C(C)C)cc(C(C)C)cc2C(C)C)c(C(C)C)c1.CCCC(=O)Oc1ccccc1. The fourth-order valence-electron chi connectivity index (χ4n) is 4.99. The van der Waals surface area contributed by atoms with Crippen LogP contribution in [0.15, 0.2) is 64.4 Å². The van der Waals surface area contributed by atoms with E-state index in [9.17, 15) is 4.79 Å². The first-order valence-electron chi connectivity index (χ1n) is 16.5. The quantitative estimate of drug-likeness (QED) is 0.161. The summed E-state index contributed by atoms with van der Waals surface area (Å²) in [6.45, 7) is 30.0. The Morgan fingerprint density at radius 3 is 1.21 bits per heavy atom.